The number of aromatic nitrogens is 3. The van der Waals surface area contributed by atoms with Gasteiger partial charge in [-0.25, -0.2) is 4.98 Å². The molecule has 0 aliphatic heterocycles. The van der Waals surface area contributed by atoms with Crippen LogP contribution in [-0.2, 0) is 0 Å². The SMILES string of the molecule is COc1ncc(-c2ccc(C)c3ncccc23)c(OC)n1. The van der Waals surface area contributed by atoms with Crippen molar-refractivity contribution >= 4 is 10.9 Å². The van der Waals surface area contributed by atoms with Crippen molar-refractivity contribution in [3.05, 3.63) is 42.2 Å². The predicted molar refractivity (Wildman–Crippen MR) is 80.6 cm³/mol. The van der Waals surface area contributed by atoms with Gasteiger partial charge < -0.3 is 9.47 Å². The Morgan fingerprint density at radius 1 is 0.952 bits per heavy atom. The lowest BCUT2D eigenvalue weighted by molar-refractivity contribution is 0.353. The lowest BCUT2D eigenvalue weighted by atomic mass is 10.00. The monoisotopic (exact) mass is 281 g/mol. The molecule has 0 unspecified atom stereocenters. The summed E-state index contributed by atoms with van der Waals surface area (Å²) >= 11 is 0. The Bertz CT molecular complexity index is 803. The Labute approximate surface area is 122 Å². The maximum absolute atomic E-state index is 5.37. The fourth-order valence-electron chi connectivity index (χ4n) is 2.34. The van der Waals surface area contributed by atoms with Crippen LogP contribution < -0.4 is 9.47 Å². The highest BCUT2D eigenvalue weighted by Crippen LogP contribution is 2.34. The molecule has 0 fully saturated rings. The summed E-state index contributed by atoms with van der Waals surface area (Å²) in [6.07, 6.45) is 3.50. The van der Waals surface area contributed by atoms with Gasteiger partial charge in [-0.05, 0) is 24.1 Å². The highest BCUT2D eigenvalue weighted by Gasteiger charge is 2.14. The summed E-state index contributed by atoms with van der Waals surface area (Å²) in [5.74, 6) is 0.482. The normalized spacial score (nSPS) is 10.6. The minimum absolute atomic E-state index is 0.283. The van der Waals surface area contributed by atoms with Crippen molar-refractivity contribution in [2.24, 2.45) is 0 Å². The van der Waals surface area contributed by atoms with E-state index in [4.69, 9.17) is 9.47 Å². The highest BCUT2D eigenvalue weighted by atomic mass is 16.5. The lowest BCUT2D eigenvalue weighted by Crippen LogP contribution is -1.98. The molecule has 1 aromatic carbocycles. The highest BCUT2D eigenvalue weighted by molar-refractivity contribution is 5.97. The van der Waals surface area contributed by atoms with Gasteiger partial charge in [-0.15, -0.1) is 0 Å². The fraction of sp³-hybridized carbons (Fsp3) is 0.188. The predicted octanol–water partition coefficient (Wildman–Crippen LogP) is 3.02. The average Bonchev–Trinajstić information content (AvgIpc) is 2.55. The van der Waals surface area contributed by atoms with Gasteiger partial charge in [-0.3, -0.25) is 4.98 Å². The fourth-order valence-corrected chi connectivity index (χ4v) is 2.34. The lowest BCUT2D eigenvalue weighted by Gasteiger charge is -2.11. The molecule has 0 amide bonds. The number of pyridine rings is 1. The quantitative estimate of drug-likeness (QED) is 0.738. The van der Waals surface area contributed by atoms with Crippen molar-refractivity contribution in [2.45, 2.75) is 6.92 Å². The van der Waals surface area contributed by atoms with E-state index in [-0.39, 0.29) is 6.01 Å². The van der Waals surface area contributed by atoms with Gasteiger partial charge in [0.25, 0.3) is 0 Å². The number of fused-ring (bicyclic) bond motifs is 1. The summed E-state index contributed by atoms with van der Waals surface area (Å²) in [6.45, 7) is 2.04. The summed E-state index contributed by atoms with van der Waals surface area (Å²) < 4.78 is 10.4. The number of rotatable bonds is 3. The first-order chi connectivity index (χ1) is 10.2. The van der Waals surface area contributed by atoms with Gasteiger partial charge >= 0.3 is 6.01 Å². The topological polar surface area (TPSA) is 57.1 Å². The van der Waals surface area contributed by atoms with Gasteiger partial charge in [0.1, 0.15) is 0 Å². The van der Waals surface area contributed by atoms with Crippen LogP contribution in [0.15, 0.2) is 36.7 Å². The van der Waals surface area contributed by atoms with Gasteiger partial charge in [0, 0.05) is 17.8 Å². The molecule has 0 saturated carbocycles. The van der Waals surface area contributed by atoms with Crippen LogP contribution in [0.25, 0.3) is 22.0 Å². The van der Waals surface area contributed by atoms with E-state index in [1.54, 1.807) is 19.5 Å². The summed E-state index contributed by atoms with van der Waals surface area (Å²) in [5, 5.41) is 1.05. The zero-order valence-corrected chi connectivity index (χ0v) is 12.1. The van der Waals surface area contributed by atoms with Crippen LogP contribution in [0.2, 0.25) is 0 Å². The van der Waals surface area contributed by atoms with Crippen LogP contribution in [0.4, 0.5) is 0 Å². The van der Waals surface area contributed by atoms with Crippen molar-refractivity contribution in [2.75, 3.05) is 14.2 Å². The second-order valence-electron chi connectivity index (χ2n) is 4.61. The van der Waals surface area contributed by atoms with Crippen molar-refractivity contribution in [3.63, 3.8) is 0 Å². The van der Waals surface area contributed by atoms with Gasteiger partial charge in [-0.1, -0.05) is 18.2 Å². The molecule has 106 valence electrons. The molecule has 3 rings (SSSR count). The maximum atomic E-state index is 5.37. The first-order valence-corrected chi connectivity index (χ1v) is 6.54. The van der Waals surface area contributed by atoms with Crippen molar-refractivity contribution in [3.8, 4) is 23.0 Å². The zero-order valence-electron chi connectivity index (χ0n) is 12.1. The van der Waals surface area contributed by atoms with E-state index in [0.29, 0.717) is 5.88 Å². The Morgan fingerprint density at radius 3 is 2.57 bits per heavy atom. The standard InChI is InChI=1S/C16H15N3O2/c1-10-6-7-11(12-5-4-8-17-14(10)12)13-9-18-16(21-3)19-15(13)20-2/h4-9H,1-3H3. The maximum Gasteiger partial charge on any atom is 0.319 e. The third-order valence-corrected chi connectivity index (χ3v) is 3.37. The molecule has 2 heterocycles. The molecule has 0 bridgehead atoms. The number of methoxy groups -OCH3 is 2. The molecule has 21 heavy (non-hydrogen) atoms. The van der Waals surface area contributed by atoms with Gasteiger partial charge in [0.05, 0.1) is 25.3 Å². The van der Waals surface area contributed by atoms with Crippen LogP contribution in [0.1, 0.15) is 5.56 Å². The van der Waals surface area contributed by atoms with Gasteiger partial charge in [0.2, 0.25) is 5.88 Å². The van der Waals surface area contributed by atoms with Crippen molar-refractivity contribution in [1.82, 2.24) is 15.0 Å². The smallest absolute Gasteiger partial charge is 0.319 e. The molecule has 2 aromatic heterocycles. The van der Waals surface area contributed by atoms with Crippen LogP contribution in [-0.4, -0.2) is 29.2 Å². The number of nitrogens with zero attached hydrogens (tertiary/aromatic N) is 3. The summed E-state index contributed by atoms with van der Waals surface area (Å²) in [5.41, 5.74) is 3.90. The average molecular weight is 281 g/mol. The molecule has 0 N–H and O–H groups in total. The first kappa shape index (κ1) is 13.3. The molecule has 0 aliphatic carbocycles. The number of benzene rings is 1. The van der Waals surface area contributed by atoms with E-state index in [1.165, 1.54) is 7.11 Å². The third kappa shape index (κ3) is 2.27. The van der Waals surface area contributed by atoms with E-state index >= 15 is 0 Å². The number of hydrogen-bond donors (Lipinski definition) is 0. The van der Waals surface area contributed by atoms with E-state index in [9.17, 15) is 0 Å². The van der Waals surface area contributed by atoms with Gasteiger partial charge in [-0.2, -0.15) is 4.98 Å². The third-order valence-electron chi connectivity index (χ3n) is 3.37. The molecular weight excluding hydrogens is 266 g/mol. The van der Waals surface area contributed by atoms with Crippen LogP contribution in [0.5, 0.6) is 11.9 Å². The van der Waals surface area contributed by atoms with Crippen LogP contribution >= 0.6 is 0 Å². The van der Waals surface area contributed by atoms with E-state index < -0.39 is 0 Å². The Balaban J connectivity index is 2.28. The molecule has 0 atom stereocenters. The molecular formula is C16H15N3O2. The van der Waals surface area contributed by atoms with E-state index in [2.05, 4.69) is 15.0 Å². The van der Waals surface area contributed by atoms with Gasteiger partial charge in [0.15, 0.2) is 0 Å². The van der Waals surface area contributed by atoms with Crippen LogP contribution in [0, 0.1) is 6.92 Å². The summed E-state index contributed by atoms with van der Waals surface area (Å²) in [7, 11) is 3.11. The molecule has 5 heteroatoms. The Kier molecular flexibility index (Phi) is 3.39. The summed E-state index contributed by atoms with van der Waals surface area (Å²) in [6, 6.07) is 8.31. The minimum Gasteiger partial charge on any atom is -0.480 e. The molecule has 3 aromatic rings. The number of hydrogen-bond acceptors (Lipinski definition) is 5. The molecule has 0 spiro atoms. The zero-order chi connectivity index (χ0) is 14.8. The van der Waals surface area contributed by atoms with Crippen LogP contribution in [0.3, 0.4) is 0 Å². The largest absolute Gasteiger partial charge is 0.480 e. The Hall–Kier alpha value is -2.69. The van der Waals surface area contributed by atoms with E-state index in [0.717, 1.165) is 27.6 Å². The number of ether oxygens (including phenoxy) is 2. The number of aryl methyl sites for hydroxylation is 1. The molecule has 5 nitrogen and oxygen atoms in total. The second-order valence-corrected chi connectivity index (χ2v) is 4.61. The first-order valence-electron chi connectivity index (χ1n) is 6.54. The van der Waals surface area contributed by atoms with E-state index in [1.807, 2.05) is 31.2 Å². The molecule has 0 aliphatic rings. The van der Waals surface area contributed by atoms with Crippen molar-refractivity contribution < 1.29 is 9.47 Å². The molecule has 0 radical (unpaired) electrons. The second kappa shape index (κ2) is 5.36. The minimum atomic E-state index is 0.283. The molecule has 0 saturated heterocycles. The summed E-state index contributed by atoms with van der Waals surface area (Å²) in [4.78, 5) is 12.9. The Morgan fingerprint density at radius 2 is 1.81 bits per heavy atom. The van der Waals surface area contributed by atoms with Crippen molar-refractivity contribution in [1.29, 1.82) is 0 Å².